The number of carbonyl (C=O) groups excluding carboxylic acids is 2. The summed E-state index contributed by atoms with van der Waals surface area (Å²) in [6.07, 6.45) is 1.89. The van der Waals surface area contributed by atoms with E-state index in [-0.39, 0.29) is 17.9 Å². The smallest absolute Gasteiger partial charge is 0.242 e. The molecule has 4 nitrogen and oxygen atoms in total. The maximum absolute atomic E-state index is 13.1. The third-order valence-electron chi connectivity index (χ3n) is 5.09. The number of hydrogen-bond donors (Lipinski definition) is 1. The molecular formula is C24H32N2O2. The Balaban J connectivity index is 2.13. The number of aryl methyl sites for hydroxylation is 1. The van der Waals surface area contributed by atoms with Crippen LogP contribution in [-0.2, 0) is 22.4 Å². The van der Waals surface area contributed by atoms with Gasteiger partial charge in [-0.05, 0) is 44.7 Å². The van der Waals surface area contributed by atoms with Crippen LogP contribution in [0.2, 0.25) is 0 Å². The van der Waals surface area contributed by atoms with Crippen LogP contribution in [0.25, 0.3) is 0 Å². The van der Waals surface area contributed by atoms with Crippen LogP contribution < -0.4 is 5.32 Å². The van der Waals surface area contributed by atoms with Crippen LogP contribution >= 0.6 is 0 Å². The Morgan fingerprint density at radius 1 is 1.00 bits per heavy atom. The molecule has 0 radical (unpaired) electrons. The van der Waals surface area contributed by atoms with Crippen molar-refractivity contribution in [3.05, 3.63) is 71.3 Å². The lowest BCUT2D eigenvalue weighted by Gasteiger charge is -2.30. The first-order valence-electron chi connectivity index (χ1n) is 10.1. The minimum Gasteiger partial charge on any atom is -0.352 e. The first-order valence-corrected chi connectivity index (χ1v) is 10.1. The zero-order valence-electron chi connectivity index (χ0n) is 17.4. The van der Waals surface area contributed by atoms with Gasteiger partial charge in [0.1, 0.15) is 6.04 Å². The van der Waals surface area contributed by atoms with Crippen molar-refractivity contribution in [1.29, 1.82) is 0 Å². The fraction of sp³-hybridized carbons (Fsp3) is 0.417. The summed E-state index contributed by atoms with van der Waals surface area (Å²) >= 11 is 0. The lowest BCUT2D eigenvalue weighted by Crippen LogP contribution is -2.50. The van der Waals surface area contributed by atoms with Gasteiger partial charge < -0.3 is 10.2 Å². The minimum absolute atomic E-state index is 0.0201. The molecule has 1 N–H and O–H groups in total. The zero-order chi connectivity index (χ0) is 20.5. The largest absolute Gasteiger partial charge is 0.352 e. The molecule has 2 atom stereocenters. The molecule has 2 aromatic carbocycles. The number of nitrogens with one attached hydrogen (secondary N) is 1. The number of carbonyl (C=O) groups is 2. The molecule has 0 aliphatic carbocycles. The van der Waals surface area contributed by atoms with E-state index in [0.717, 1.165) is 29.5 Å². The predicted molar refractivity (Wildman–Crippen MR) is 114 cm³/mol. The summed E-state index contributed by atoms with van der Waals surface area (Å²) in [5.74, 6) is -0.117. The Morgan fingerprint density at radius 3 is 2.32 bits per heavy atom. The maximum Gasteiger partial charge on any atom is 0.242 e. The standard InChI is InChI=1S/C24H32N2O2/c1-5-19(3)25-24(28)20(4)26(15-14-21-11-7-6-8-12-21)23(27)17-22-13-9-10-18(2)16-22/h6-13,16,19-20H,5,14-15,17H2,1-4H3,(H,25,28). The third kappa shape index (κ3) is 6.52. The molecule has 150 valence electrons. The normalized spacial score (nSPS) is 12.9. The Kier molecular flexibility index (Phi) is 8.24. The summed E-state index contributed by atoms with van der Waals surface area (Å²) in [6.45, 7) is 8.36. The van der Waals surface area contributed by atoms with Gasteiger partial charge in [0.25, 0.3) is 0 Å². The molecule has 0 aliphatic heterocycles. The van der Waals surface area contributed by atoms with Crippen molar-refractivity contribution in [2.45, 2.75) is 59.0 Å². The SMILES string of the molecule is CCC(C)NC(=O)C(C)N(CCc1ccccc1)C(=O)Cc1cccc(C)c1. The second kappa shape index (κ2) is 10.6. The molecule has 2 amide bonds. The second-order valence-corrected chi connectivity index (χ2v) is 7.48. The van der Waals surface area contributed by atoms with Crippen molar-refractivity contribution in [3.63, 3.8) is 0 Å². The first-order chi connectivity index (χ1) is 13.4. The van der Waals surface area contributed by atoms with E-state index in [9.17, 15) is 9.59 Å². The van der Waals surface area contributed by atoms with Gasteiger partial charge in [0.05, 0.1) is 6.42 Å². The quantitative estimate of drug-likeness (QED) is 0.717. The molecule has 0 aromatic heterocycles. The van der Waals surface area contributed by atoms with Crippen molar-refractivity contribution in [2.75, 3.05) is 6.54 Å². The topological polar surface area (TPSA) is 49.4 Å². The van der Waals surface area contributed by atoms with Crippen LogP contribution in [0.5, 0.6) is 0 Å². The lowest BCUT2D eigenvalue weighted by molar-refractivity contribution is -0.139. The van der Waals surface area contributed by atoms with E-state index in [1.54, 1.807) is 4.90 Å². The number of benzene rings is 2. The summed E-state index contributed by atoms with van der Waals surface area (Å²) < 4.78 is 0. The van der Waals surface area contributed by atoms with Crippen LogP contribution in [-0.4, -0.2) is 35.3 Å². The molecule has 0 bridgehead atoms. The molecule has 2 unspecified atom stereocenters. The van der Waals surface area contributed by atoms with Crippen LogP contribution in [0, 0.1) is 6.92 Å². The van der Waals surface area contributed by atoms with Crippen LogP contribution in [0.1, 0.15) is 43.9 Å². The van der Waals surface area contributed by atoms with Crippen molar-refractivity contribution in [2.24, 2.45) is 0 Å². The average molecular weight is 381 g/mol. The highest BCUT2D eigenvalue weighted by molar-refractivity contribution is 5.88. The number of hydrogen-bond acceptors (Lipinski definition) is 2. The number of rotatable bonds is 9. The minimum atomic E-state index is -0.505. The van der Waals surface area contributed by atoms with Gasteiger partial charge in [-0.2, -0.15) is 0 Å². The molecule has 28 heavy (non-hydrogen) atoms. The summed E-state index contributed by atoms with van der Waals surface area (Å²) in [4.78, 5) is 27.5. The van der Waals surface area contributed by atoms with E-state index < -0.39 is 6.04 Å². The Morgan fingerprint density at radius 2 is 1.68 bits per heavy atom. The molecule has 0 fully saturated rings. The molecule has 0 aliphatic rings. The van der Waals surface area contributed by atoms with Gasteiger partial charge >= 0.3 is 0 Å². The van der Waals surface area contributed by atoms with E-state index in [4.69, 9.17) is 0 Å². The highest BCUT2D eigenvalue weighted by Crippen LogP contribution is 2.11. The van der Waals surface area contributed by atoms with Gasteiger partial charge in [-0.25, -0.2) is 0 Å². The van der Waals surface area contributed by atoms with Crippen LogP contribution in [0.4, 0.5) is 0 Å². The second-order valence-electron chi connectivity index (χ2n) is 7.48. The Labute approximate surface area is 169 Å². The van der Waals surface area contributed by atoms with Crippen molar-refractivity contribution >= 4 is 11.8 Å². The van der Waals surface area contributed by atoms with Crippen LogP contribution in [0.15, 0.2) is 54.6 Å². The average Bonchev–Trinajstić information content (AvgIpc) is 2.68. The van der Waals surface area contributed by atoms with Crippen LogP contribution in [0.3, 0.4) is 0 Å². The first kappa shape index (κ1) is 21.7. The molecule has 0 saturated heterocycles. The fourth-order valence-electron chi connectivity index (χ4n) is 3.13. The van der Waals surface area contributed by atoms with E-state index in [2.05, 4.69) is 5.32 Å². The summed E-state index contributed by atoms with van der Waals surface area (Å²) in [5, 5.41) is 3.00. The number of amides is 2. The molecular weight excluding hydrogens is 348 g/mol. The molecule has 2 rings (SSSR count). The molecule has 0 heterocycles. The fourth-order valence-corrected chi connectivity index (χ4v) is 3.13. The summed E-state index contributed by atoms with van der Waals surface area (Å²) in [5.41, 5.74) is 3.26. The Bertz CT molecular complexity index is 773. The van der Waals surface area contributed by atoms with E-state index in [0.29, 0.717) is 13.0 Å². The van der Waals surface area contributed by atoms with E-state index in [1.165, 1.54) is 0 Å². The highest BCUT2D eigenvalue weighted by atomic mass is 16.2. The van der Waals surface area contributed by atoms with Gasteiger partial charge in [0.15, 0.2) is 0 Å². The Hall–Kier alpha value is -2.62. The maximum atomic E-state index is 13.1. The summed E-state index contributed by atoms with van der Waals surface area (Å²) in [6, 6.07) is 17.6. The zero-order valence-corrected chi connectivity index (χ0v) is 17.4. The molecule has 0 saturated carbocycles. The summed E-state index contributed by atoms with van der Waals surface area (Å²) in [7, 11) is 0. The van der Waals surface area contributed by atoms with Gasteiger partial charge in [0, 0.05) is 12.6 Å². The van der Waals surface area contributed by atoms with Crippen molar-refractivity contribution < 1.29 is 9.59 Å². The molecule has 4 heteroatoms. The van der Waals surface area contributed by atoms with Gasteiger partial charge in [-0.1, -0.05) is 67.1 Å². The number of nitrogens with zero attached hydrogens (tertiary/aromatic N) is 1. The van der Waals surface area contributed by atoms with Gasteiger partial charge in [-0.3, -0.25) is 9.59 Å². The predicted octanol–water partition coefficient (Wildman–Crippen LogP) is 3.91. The van der Waals surface area contributed by atoms with Gasteiger partial charge in [0.2, 0.25) is 11.8 Å². The van der Waals surface area contributed by atoms with E-state index in [1.807, 2.05) is 82.3 Å². The third-order valence-corrected chi connectivity index (χ3v) is 5.09. The van der Waals surface area contributed by atoms with Crippen molar-refractivity contribution in [3.8, 4) is 0 Å². The molecule has 2 aromatic rings. The molecule has 0 spiro atoms. The monoisotopic (exact) mass is 380 g/mol. The van der Waals surface area contributed by atoms with Gasteiger partial charge in [-0.15, -0.1) is 0 Å². The lowest BCUT2D eigenvalue weighted by atomic mass is 10.1. The van der Waals surface area contributed by atoms with E-state index >= 15 is 0 Å². The highest BCUT2D eigenvalue weighted by Gasteiger charge is 2.26. The van der Waals surface area contributed by atoms with Crippen molar-refractivity contribution in [1.82, 2.24) is 10.2 Å².